The first-order valence-corrected chi connectivity index (χ1v) is 8.37. The SMILES string of the molecule is C/C(N)=C(\C#N)C(=O)CSc1ncnc2c1cnn2-c1ccccc1. The zero-order chi connectivity index (χ0) is 17.8. The predicted octanol–water partition coefficient (Wildman–Crippen LogP) is 2.23. The maximum absolute atomic E-state index is 12.1. The van der Waals surface area contributed by atoms with Gasteiger partial charge < -0.3 is 5.73 Å². The van der Waals surface area contributed by atoms with E-state index in [0.29, 0.717) is 10.7 Å². The topological polar surface area (TPSA) is 110 Å². The molecule has 0 aliphatic carbocycles. The summed E-state index contributed by atoms with van der Waals surface area (Å²) < 4.78 is 1.72. The van der Waals surface area contributed by atoms with Crippen molar-refractivity contribution in [3.05, 3.63) is 54.1 Å². The summed E-state index contributed by atoms with van der Waals surface area (Å²) >= 11 is 1.23. The number of nitriles is 1. The Morgan fingerprint density at radius 1 is 1.32 bits per heavy atom. The molecule has 0 saturated heterocycles. The summed E-state index contributed by atoms with van der Waals surface area (Å²) in [6, 6.07) is 11.5. The van der Waals surface area contributed by atoms with Crippen molar-refractivity contribution in [2.24, 2.45) is 5.73 Å². The average Bonchev–Trinajstić information content (AvgIpc) is 3.05. The molecule has 0 aliphatic rings. The lowest BCUT2D eigenvalue weighted by Crippen LogP contribution is -2.10. The van der Waals surface area contributed by atoms with E-state index < -0.39 is 0 Å². The van der Waals surface area contributed by atoms with Crippen molar-refractivity contribution in [3.8, 4) is 11.8 Å². The number of nitrogens with zero attached hydrogens (tertiary/aromatic N) is 5. The van der Waals surface area contributed by atoms with Crippen LogP contribution in [0.15, 0.2) is 59.2 Å². The van der Waals surface area contributed by atoms with Gasteiger partial charge in [0.15, 0.2) is 11.4 Å². The van der Waals surface area contributed by atoms with Crippen LogP contribution in [0.2, 0.25) is 0 Å². The zero-order valence-electron chi connectivity index (χ0n) is 13.4. The molecule has 0 spiro atoms. The minimum Gasteiger partial charge on any atom is -0.401 e. The minimum atomic E-state index is -0.324. The third-order valence-corrected chi connectivity index (χ3v) is 4.46. The number of thioether (sulfide) groups is 1. The van der Waals surface area contributed by atoms with Gasteiger partial charge in [-0.3, -0.25) is 4.79 Å². The molecule has 0 unspecified atom stereocenters. The van der Waals surface area contributed by atoms with Crippen LogP contribution in [0.3, 0.4) is 0 Å². The van der Waals surface area contributed by atoms with E-state index >= 15 is 0 Å². The van der Waals surface area contributed by atoms with E-state index in [9.17, 15) is 4.79 Å². The van der Waals surface area contributed by atoms with Crippen molar-refractivity contribution in [2.45, 2.75) is 11.9 Å². The van der Waals surface area contributed by atoms with Crippen molar-refractivity contribution in [1.82, 2.24) is 19.7 Å². The Morgan fingerprint density at radius 2 is 2.08 bits per heavy atom. The van der Waals surface area contributed by atoms with Crippen LogP contribution in [0.1, 0.15) is 6.92 Å². The molecular formula is C17H14N6OS. The Balaban J connectivity index is 1.89. The number of fused-ring (bicyclic) bond motifs is 1. The lowest BCUT2D eigenvalue weighted by molar-refractivity contribution is -0.112. The van der Waals surface area contributed by atoms with Crippen LogP contribution >= 0.6 is 11.8 Å². The minimum absolute atomic E-state index is 0.0159. The molecule has 0 amide bonds. The van der Waals surface area contributed by atoms with Gasteiger partial charge in [-0.05, 0) is 19.1 Å². The van der Waals surface area contributed by atoms with Crippen LogP contribution in [0.25, 0.3) is 16.7 Å². The van der Waals surface area contributed by atoms with Gasteiger partial charge in [0.25, 0.3) is 0 Å². The number of ketones is 1. The van der Waals surface area contributed by atoms with Crippen LogP contribution in [-0.4, -0.2) is 31.3 Å². The zero-order valence-corrected chi connectivity index (χ0v) is 14.2. The third kappa shape index (κ3) is 3.36. The molecule has 2 N–H and O–H groups in total. The first-order valence-electron chi connectivity index (χ1n) is 7.38. The van der Waals surface area contributed by atoms with Crippen molar-refractivity contribution in [3.63, 3.8) is 0 Å². The first kappa shape index (κ1) is 16.7. The van der Waals surface area contributed by atoms with Gasteiger partial charge in [-0.1, -0.05) is 30.0 Å². The second kappa shape index (κ2) is 7.15. The van der Waals surface area contributed by atoms with Crippen molar-refractivity contribution < 1.29 is 4.79 Å². The largest absolute Gasteiger partial charge is 0.401 e. The average molecular weight is 350 g/mol. The second-order valence-corrected chi connectivity index (χ2v) is 6.15. The molecule has 0 aliphatic heterocycles. The molecule has 124 valence electrons. The van der Waals surface area contributed by atoms with Gasteiger partial charge in [-0.15, -0.1) is 0 Å². The highest BCUT2D eigenvalue weighted by molar-refractivity contribution is 8.00. The molecule has 0 saturated carbocycles. The van der Waals surface area contributed by atoms with E-state index in [1.54, 1.807) is 10.9 Å². The molecular weight excluding hydrogens is 336 g/mol. The van der Waals surface area contributed by atoms with E-state index in [1.165, 1.54) is 25.0 Å². The van der Waals surface area contributed by atoms with Gasteiger partial charge >= 0.3 is 0 Å². The Hall–Kier alpha value is -3.18. The highest BCUT2D eigenvalue weighted by atomic mass is 32.2. The van der Waals surface area contributed by atoms with E-state index in [0.717, 1.165) is 11.1 Å². The number of nitrogens with two attached hydrogens (primary N) is 1. The quantitative estimate of drug-likeness (QED) is 0.325. The van der Waals surface area contributed by atoms with Crippen molar-refractivity contribution in [1.29, 1.82) is 5.26 Å². The second-order valence-electron chi connectivity index (χ2n) is 5.19. The summed E-state index contributed by atoms with van der Waals surface area (Å²) in [4.78, 5) is 20.6. The number of allylic oxidation sites excluding steroid dienone is 2. The van der Waals surface area contributed by atoms with Crippen LogP contribution in [0.5, 0.6) is 0 Å². The number of aromatic nitrogens is 4. The molecule has 2 aromatic heterocycles. The Kier molecular flexibility index (Phi) is 4.77. The highest BCUT2D eigenvalue weighted by Crippen LogP contribution is 2.26. The Bertz CT molecular complexity index is 999. The number of Topliss-reactive ketones (excluding diaryl/α,β-unsaturated/α-hetero) is 1. The van der Waals surface area contributed by atoms with Crippen molar-refractivity contribution in [2.75, 3.05) is 5.75 Å². The summed E-state index contributed by atoms with van der Waals surface area (Å²) in [5.41, 5.74) is 7.31. The molecule has 0 bridgehead atoms. The van der Waals surface area contributed by atoms with E-state index in [2.05, 4.69) is 15.1 Å². The normalized spacial score (nSPS) is 11.8. The monoisotopic (exact) mass is 350 g/mol. The van der Waals surface area contributed by atoms with Crippen LogP contribution in [-0.2, 0) is 4.79 Å². The number of rotatable bonds is 5. The maximum Gasteiger partial charge on any atom is 0.185 e. The first-order chi connectivity index (χ1) is 12.1. The van der Waals surface area contributed by atoms with Crippen LogP contribution < -0.4 is 5.73 Å². The molecule has 0 fully saturated rings. The third-order valence-electron chi connectivity index (χ3n) is 3.45. The molecule has 0 atom stereocenters. The molecule has 7 nitrogen and oxygen atoms in total. The number of carbonyl (C=O) groups excluding carboxylic acids is 1. The molecule has 2 heterocycles. The highest BCUT2D eigenvalue weighted by Gasteiger charge is 2.15. The van der Waals surface area contributed by atoms with Gasteiger partial charge in [-0.2, -0.15) is 10.4 Å². The molecule has 1 aromatic carbocycles. The van der Waals surface area contributed by atoms with E-state index in [4.69, 9.17) is 11.0 Å². The molecule has 0 radical (unpaired) electrons. The Labute approximate surface area is 148 Å². The number of hydrogen-bond donors (Lipinski definition) is 1. The summed E-state index contributed by atoms with van der Waals surface area (Å²) in [6.07, 6.45) is 3.11. The number of benzene rings is 1. The number of hydrogen-bond acceptors (Lipinski definition) is 7. The van der Waals surface area contributed by atoms with E-state index in [1.807, 2.05) is 36.4 Å². The van der Waals surface area contributed by atoms with Crippen molar-refractivity contribution >= 4 is 28.6 Å². The fourth-order valence-electron chi connectivity index (χ4n) is 2.27. The summed E-state index contributed by atoms with van der Waals surface area (Å²) in [5, 5.41) is 14.8. The fourth-order valence-corrected chi connectivity index (χ4v) is 3.11. The van der Waals surface area contributed by atoms with Gasteiger partial charge in [0.2, 0.25) is 0 Å². The number of para-hydroxylation sites is 1. The summed E-state index contributed by atoms with van der Waals surface area (Å²) in [7, 11) is 0. The smallest absolute Gasteiger partial charge is 0.185 e. The molecule has 3 aromatic rings. The van der Waals surface area contributed by atoms with Gasteiger partial charge in [0.05, 0.1) is 23.0 Å². The predicted molar refractivity (Wildman–Crippen MR) is 94.9 cm³/mol. The van der Waals surface area contributed by atoms with E-state index in [-0.39, 0.29) is 22.8 Å². The fraction of sp³-hybridized carbons (Fsp3) is 0.118. The maximum atomic E-state index is 12.1. The number of carbonyl (C=O) groups is 1. The van der Waals surface area contributed by atoms with Gasteiger partial charge in [0.1, 0.15) is 23.0 Å². The van der Waals surface area contributed by atoms with Crippen LogP contribution in [0.4, 0.5) is 0 Å². The lowest BCUT2D eigenvalue weighted by atomic mass is 10.2. The molecule has 8 heteroatoms. The summed E-state index contributed by atoms with van der Waals surface area (Å²) in [6.45, 7) is 1.54. The van der Waals surface area contributed by atoms with Crippen LogP contribution in [0, 0.1) is 11.3 Å². The standard InChI is InChI=1S/C17H14N6OS/c1-11(19)13(7-18)15(24)9-25-17-14-8-22-23(16(14)20-10-21-17)12-5-3-2-4-6-12/h2-6,8,10H,9,19H2,1H3/b13-11-. The van der Waals surface area contributed by atoms with Gasteiger partial charge in [-0.25, -0.2) is 14.6 Å². The van der Waals surface area contributed by atoms with Gasteiger partial charge in [0, 0.05) is 5.70 Å². The Morgan fingerprint density at radius 3 is 2.76 bits per heavy atom. The molecule has 25 heavy (non-hydrogen) atoms. The lowest BCUT2D eigenvalue weighted by Gasteiger charge is -2.04. The summed E-state index contributed by atoms with van der Waals surface area (Å²) in [5.74, 6) is -0.255. The molecule has 3 rings (SSSR count).